The van der Waals surface area contributed by atoms with Crippen LogP contribution in [0.1, 0.15) is 20.3 Å². The van der Waals surface area contributed by atoms with Crippen molar-refractivity contribution in [2.75, 3.05) is 13.2 Å². The fourth-order valence-corrected chi connectivity index (χ4v) is 3.38. The first-order valence-corrected chi connectivity index (χ1v) is 8.48. The fraction of sp³-hybridized carbons (Fsp3) is 0.500. The number of hydrogen-bond donors (Lipinski definition) is 2. The van der Waals surface area contributed by atoms with Crippen LogP contribution in [0.4, 0.5) is 0 Å². The molecule has 1 heterocycles. The number of aliphatic carboxylic acids is 1. The van der Waals surface area contributed by atoms with Gasteiger partial charge in [-0.25, -0.2) is 8.42 Å². The van der Waals surface area contributed by atoms with Crippen molar-refractivity contribution in [2.45, 2.75) is 31.2 Å². The van der Waals surface area contributed by atoms with Crippen LogP contribution in [-0.4, -0.2) is 38.7 Å². The molecule has 0 saturated heterocycles. The molecule has 122 valence electrons. The zero-order valence-electron chi connectivity index (χ0n) is 12.4. The summed E-state index contributed by atoms with van der Waals surface area (Å²) in [5, 5.41) is 9.21. The largest absolute Gasteiger partial charge is 0.486 e. The lowest BCUT2D eigenvalue weighted by Crippen LogP contribution is -2.44. The molecule has 2 N–H and O–H groups in total. The molecule has 8 heteroatoms. The summed E-state index contributed by atoms with van der Waals surface area (Å²) in [4.78, 5) is 11.2. The maximum atomic E-state index is 12.4. The van der Waals surface area contributed by atoms with Gasteiger partial charge in [0.1, 0.15) is 19.3 Å². The van der Waals surface area contributed by atoms with Gasteiger partial charge in [-0.1, -0.05) is 20.3 Å². The van der Waals surface area contributed by atoms with Gasteiger partial charge in [-0.15, -0.1) is 0 Å². The topological polar surface area (TPSA) is 102 Å². The summed E-state index contributed by atoms with van der Waals surface area (Å²) in [6.45, 7) is 4.24. The van der Waals surface area contributed by atoms with E-state index in [-0.39, 0.29) is 10.8 Å². The van der Waals surface area contributed by atoms with Gasteiger partial charge in [0.2, 0.25) is 10.0 Å². The Bertz CT molecular complexity index is 657. The predicted octanol–water partition coefficient (Wildman–Crippen LogP) is 1.24. The minimum Gasteiger partial charge on any atom is -0.486 e. The van der Waals surface area contributed by atoms with Crippen molar-refractivity contribution >= 4 is 16.0 Å². The molecule has 0 fully saturated rings. The zero-order chi connectivity index (χ0) is 16.3. The van der Waals surface area contributed by atoms with Gasteiger partial charge in [0.15, 0.2) is 11.5 Å². The minimum absolute atomic E-state index is 0.0497. The maximum absolute atomic E-state index is 12.4. The molecule has 0 radical (unpaired) electrons. The molecule has 2 rings (SSSR count). The molecular formula is C14H19NO6S. The number of hydrogen-bond acceptors (Lipinski definition) is 5. The maximum Gasteiger partial charge on any atom is 0.322 e. The molecule has 0 saturated carbocycles. The predicted molar refractivity (Wildman–Crippen MR) is 78.6 cm³/mol. The number of ether oxygens (including phenoxy) is 2. The van der Waals surface area contributed by atoms with Crippen LogP contribution in [0, 0.1) is 5.92 Å². The number of carboxylic acids is 1. The van der Waals surface area contributed by atoms with E-state index in [1.165, 1.54) is 18.2 Å². The van der Waals surface area contributed by atoms with Crippen molar-refractivity contribution in [1.29, 1.82) is 0 Å². The quantitative estimate of drug-likeness (QED) is 0.814. The summed E-state index contributed by atoms with van der Waals surface area (Å²) in [6, 6.07) is 3.03. The molecule has 1 aliphatic heterocycles. The average molecular weight is 329 g/mol. The summed E-state index contributed by atoms with van der Waals surface area (Å²) in [5.41, 5.74) is 0. The number of carboxylic acid groups (broad SMARTS) is 1. The summed E-state index contributed by atoms with van der Waals surface area (Å²) >= 11 is 0. The molecular weight excluding hydrogens is 310 g/mol. The first kappa shape index (κ1) is 16.6. The third-order valence-electron chi connectivity index (χ3n) is 3.59. The Balaban J connectivity index is 2.28. The number of carbonyl (C=O) groups is 1. The first-order valence-electron chi connectivity index (χ1n) is 7.00. The van der Waals surface area contributed by atoms with Gasteiger partial charge in [-0.05, 0) is 18.1 Å². The highest BCUT2D eigenvalue weighted by molar-refractivity contribution is 7.89. The molecule has 1 aliphatic rings. The smallest absolute Gasteiger partial charge is 0.322 e. The fourth-order valence-electron chi connectivity index (χ4n) is 2.07. The van der Waals surface area contributed by atoms with Gasteiger partial charge < -0.3 is 14.6 Å². The van der Waals surface area contributed by atoms with Gasteiger partial charge >= 0.3 is 5.97 Å². The van der Waals surface area contributed by atoms with E-state index in [1.54, 1.807) is 13.8 Å². The Hall–Kier alpha value is -1.80. The zero-order valence-corrected chi connectivity index (χ0v) is 13.2. The average Bonchev–Trinajstić information content (AvgIpc) is 2.51. The summed E-state index contributed by atoms with van der Waals surface area (Å²) < 4.78 is 37.7. The van der Waals surface area contributed by atoms with Crippen LogP contribution in [0.5, 0.6) is 11.5 Å². The molecule has 0 bridgehead atoms. The second-order valence-electron chi connectivity index (χ2n) is 5.13. The van der Waals surface area contributed by atoms with E-state index in [0.717, 1.165) is 0 Å². The second-order valence-corrected chi connectivity index (χ2v) is 6.84. The lowest BCUT2D eigenvalue weighted by atomic mass is 10.0. The highest BCUT2D eigenvalue weighted by atomic mass is 32.2. The summed E-state index contributed by atoms with van der Waals surface area (Å²) in [6.07, 6.45) is 0.542. The van der Waals surface area contributed by atoms with E-state index in [1.807, 2.05) is 0 Å². The van der Waals surface area contributed by atoms with E-state index in [0.29, 0.717) is 31.1 Å². The monoisotopic (exact) mass is 329 g/mol. The number of benzene rings is 1. The van der Waals surface area contributed by atoms with Crippen LogP contribution >= 0.6 is 0 Å². The van der Waals surface area contributed by atoms with E-state index >= 15 is 0 Å². The highest BCUT2D eigenvalue weighted by Crippen LogP contribution is 2.32. The molecule has 0 spiro atoms. The highest BCUT2D eigenvalue weighted by Gasteiger charge is 2.30. The van der Waals surface area contributed by atoms with Crippen LogP contribution in [0.3, 0.4) is 0 Å². The van der Waals surface area contributed by atoms with Crippen LogP contribution < -0.4 is 14.2 Å². The van der Waals surface area contributed by atoms with Crippen molar-refractivity contribution in [2.24, 2.45) is 5.92 Å². The lowest BCUT2D eigenvalue weighted by molar-refractivity contribution is -0.140. The third-order valence-corrected chi connectivity index (χ3v) is 5.02. The van der Waals surface area contributed by atoms with E-state index in [4.69, 9.17) is 9.47 Å². The Morgan fingerprint density at radius 2 is 1.95 bits per heavy atom. The van der Waals surface area contributed by atoms with Gasteiger partial charge in [-0.3, -0.25) is 4.79 Å². The molecule has 7 nitrogen and oxygen atoms in total. The van der Waals surface area contributed by atoms with Crippen molar-refractivity contribution in [1.82, 2.24) is 4.72 Å². The Morgan fingerprint density at radius 3 is 2.55 bits per heavy atom. The molecule has 0 aromatic heterocycles. The Kier molecular flexibility index (Phi) is 4.92. The standard InChI is InChI=1S/C14H19NO6S/c1-3-9(2)13(14(16)17)15-22(18,19)10-4-5-11-12(8-10)21-7-6-20-11/h4-5,8-9,13,15H,3,6-7H2,1-2H3,(H,16,17)/t9-,13-/m1/s1. The van der Waals surface area contributed by atoms with Crippen LogP contribution in [0.15, 0.2) is 23.1 Å². The van der Waals surface area contributed by atoms with Gasteiger partial charge in [0, 0.05) is 6.07 Å². The molecule has 0 unspecified atom stereocenters. The van der Waals surface area contributed by atoms with E-state index in [2.05, 4.69) is 4.72 Å². The van der Waals surface area contributed by atoms with Gasteiger partial charge in [-0.2, -0.15) is 4.72 Å². The van der Waals surface area contributed by atoms with E-state index < -0.39 is 22.0 Å². The molecule has 0 aliphatic carbocycles. The lowest BCUT2D eigenvalue weighted by Gasteiger charge is -2.21. The Labute approximate surface area is 129 Å². The number of nitrogens with one attached hydrogen (secondary N) is 1. The van der Waals surface area contributed by atoms with Gasteiger partial charge in [0.25, 0.3) is 0 Å². The number of fused-ring (bicyclic) bond motifs is 1. The number of rotatable bonds is 6. The molecule has 1 aromatic carbocycles. The first-order chi connectivity index (χ1) is 10.3. The molecule has 0 amide bonds. The van der Waals surface area contributed by atoms with Crippen molar-refractivity contribution in [3.05, 3.63) is 18.2 Å². The van der Waals surface area contributed by atoms with Crippen LogP contribution in [0.25, 0.3) is 0 Å². The second kappa shape index (κ2) is 6.53. The summed E-state index contributed by atoms with van der Waals surface area (Å²) in [5.74, 6) is -0.716. The molecule has 2 atom stereocenters. The Morgan fingerprint density at radius 1 is 1.32 bits per heavy atom. The third kappa shape index (κ3) is 3.50. The SMILES string of the molecule is CC[C@@H](C)[C@@H](NS(=O)(=O)c1ccc2c(c1)OCCO2)C(=O)O. The number of sulfonamides is 1. The molecule has 1 aromatic rings. The minimum atomic E-state index is -3.96. The van der Waals surface area contributed by atoms with Crippen LogP contribution in [0.2, 0.25) is 0 Å². The van der Waals surface area contributed by atoms with E-state index in [9.17, 15) is 18.3 Å². The van der Waals surface area contributed by atoms with Gasteiger partial charge in [0.05, 0.1) is 4.90 Å². The van der Waals surface area contributed by atoms with Crippen LogP contribution in [-0.2, 0) is 14.8 Å². The summed E-state index contributed by atoms with van der Waals surface area (Å²) in [7, 11) is -3.96. The van der Waals surface area contributed by atoms with Crippen molar-refractivity contribution in [3.63, 3.8) is 0 Å². The normalized spacial score (nSPS) is 16.8. The molecule has 22 heavy (non-hydrogen) atoms. The van der Waals surface area contributed by atoms with Crippen molar-refractivity contribution < 1.29 is 27.8 Å². The van der Waals surface area contributed by atoms with Crippen molar-refractivity contribution in [3.8, 4) is 11.5 Å².